The molecule has 0 bridgehead atoms. The van der Waals surface area contributed by atoms with Crippen molar-refractivity contribution in [3.63, 3.8) is 0 Å². The van der Waals surface area contributed by atoms with Crippen molar-refractivity contribution in [1.82, 2.24) is 0 Å². The van der Waals surface area contributed by atoms with Crippen molar-refractivity contribution in [3.8, 4) is 11.5 Å². The van der Waals surface area contributed by atoms with E-state index in [1.54, 1.807) is 24.3 Å². The summed E-state index contributed by atoms with van der Waals surface area (Å²) in [4.78, 5) is 13.1. The Hall–Kier alpha value is -3.33. The highest BCUT2D eigenvalue weighted by Crippen LogP contribution is 2.40. The Bertz CT molecular complexity index is 984. The number of aromatic hydroxyl groups is 2. The van der Waals surface area contributed by atoms with Crippen molar-refractivity contribution < 1.29 is 15.0 Å². The highest BCUT2D eigenvalue weighted by molar-refractivity contribution is 6.16. The van der Waals surface area contributed by atoms with Crippen LogP contribution in [0.15, 0.2) is 78.4 Å². The lowest BCUT2D eigenvalue weighted by molar-refractivity contribution is 0.103. The van der Waals surface area contributed by atoms with E-state index in [2.05, 4.69) is 0 Å². The number of phenolic OH excluding ortho intramolecular Hbond substituents is 2. The van der Waals surface area contributed by atoms with Crippen molar-refractivity contribution in [2.75, 3.05) is 0 Å². The molecule has 2 N–H and O–H groups in total. The molecular formula is C22H16O3. The second-order valence-corrected chi connectivity index (χ2v) is 6.11. The second-order valence-electron chi connectivity index (χ2n) is 6.11. The maximum atomic E-state index is 13.1. The Labute approximate surface area is 145 Å². The van der Waals surface area contributed by atoms with Crippen LogP contribution in [-0.4, -0.2) is 16.0 Å². The van der Waals surface area contributed by atoms with E-state index in [0.29, 0.717) is 17.6 Å². The third kappa shape index (κ3) is 2.70. The Balaban J connectivity index is 1.88. The SMILES string of the molecule is O=C(C1=C(c2ccccc2)c2ccc(O)cc2C1)c1ccc(O)cc1. The molecule has 0 amide bonds. The maximum absolute atomic E-state index is 13.1. The zero-order valence-electron chi connectivity index (χ0n) is 13.4. The summed E-state index contributed by atoms with van der Waals surface area (Å²) in [6.07, 6.45) is 0.480. The molecule has 1 aliphatic rings. The quantitative estimate of drug-likeness (QED) is 0.703. The van der Waals surface area contributed by atoms with Crippen LogP contribution in [0.5, 0.6) is 11.5 Å². The minimum Gasteiger partial charge on any atom is -0.508 e. The van der Waals surface area contributed by atoms with Crippen molar-refractivity contribution in [2.24, 2.45) is 0 Å². The molecule has 1 aliphatic carbocycles. The molecule has 0 aliphatic heterocycles. The van der Waals surface area contributed by atoms with Gasteiger partial charge in [0.05, 0.1) is 0 Å². The highest BCUT2D eigenvalue weighted by Gasteiger charge is 2.28. The normalized spacial score (nSPS) is 13.0. The van der Waals surface area contributed by atoms with Crippen LogP contribution in [0.25, 0.3) is 5.57 Å². The summed E-state index contributed by atoms with van der Waals surface area (Å²) in [5.74, 6) is 0.271. The average molecular weight is 328 g/mol. The number of ketones is 1. The maximum Gasteiger partial charge on any atom is 0.189 e. The van der Waals surface area contributed by atoms with Gasteiger partial charge in [-0.3, -0.25) is 4.79 Å². The molecule has 0 unspecified atom stereocenters. The van der Waals surface area contributed by atoms with E-state index in [9.17, 15) is 15.0 Å². The van der Waals surface area contributed by atoms with E-state index in [1.165, 1.54) is 12.1 Å². The van der Waals surface area contributed by atoms with Crippen LogP contribution in [-0.2, 0) is 6.42 Å². The topological polar surface area (TPSA) is 57.5 Å². The molecule has 0 atom stereocenters. The van der Waals surface area contributed by atoms with Crippen molar-refractivity contribution in [3.05, 3.63) is 101 Å². The van der Waals surface area contributed by atoms with E-state index in [0.717, 1.165) is 22.3 Å². The molecule has 0 saturated carbocycles. The third-order valence-electron chi connectivity index (χ3n) is 4.49. The first-order valence-electron chi connectivity index (χ1n) is 8.08. The number of carbonyl (C=O) groups excluding carboxylic acids is 1. The largest absolute Gasteiger partial charge is 0.508 e. The van der Waals surface area contributed by atoms with Crippen molar-refractivity contribution >= 4 is 11.4 Å². The van der Waals surface area contributed by atoms with Gasteiger partial charge in [0.15, 0.2) is 5.78 Å². The summed E-state index contributed by atoms with van der Waals surface area (Å²) in [6.45, 7) is 0. The number of rotatable bonds is 3. The number of allylic oxidation sites excluding steroid dienone is 1. The number of phenols is 2. The first kappa shape index (κ1) is 15.2. The molecule has 3 nitrogen and oxygen atoms in total. The van der Waals surface area contributed by atoms with Crippen LogP contribution in [0.3, 0.4) is 0 Å². The molecule has 0 radical (unpaired) electrons. The van der Waals surface area contributed by atoms with Gasteiger partial charge in [-0.15, -0.1) is 0 Å². The molecule has 0 saturated heterocycles. The lowest BCUT2D eigenvalue weighted by atomic mass is 9.94. The highest BCUT2D eigenvalue weighted by atomic mass is 16.3. The van der Waals surface area contributed by atoms with Crippen LogP contribution < -0.4 is 0 Å². The molecule has 0 aromatic heterocycles. The fourth-order valence-electron chi connectivity index (χ4n) is 3.33. The molecule has 4 rings (SSSR count). The van der Waals surface area contributed by atoms with Crippen LogP contribution in [0.4, 0.5) is 0 Å². The minimum absolute atomic E-state index is 0.0606. The van der Waals surface area contributed by atoms with Gasteiger partial charge in [0, 0.05) is 17.6 Å². The minimum atomic E-state index is -0.0606. The fraction of sp³-hybridized carbons (Fsp3) is 0.0455. The van der Waals surface area contributed by atoms with E-state index in [4.69, 9.17) is 0 Å². The van der Waals surface area contributed by atoms with Gasteiger partial charge in [-0.1, -0.05) is 36.4 Å². The Kier molecular flexibility index (Phi) is 3.62. The van der Waals surface area contributed by atoms with Crippen molar-refractivity contribution in [2.45, 2.75) is 6.42 Å². The third-order valence-corrected chi connectivity index (χ3v) is 4.49. The molecule has 0 heterocycles. The van der Waals surface area contributed by atoms with Gasteiger partial charge in [-0.2, -0.15) is 0 Å². The lowest BCUT2D eigenvalue weighted by Gasteiger charge is -2.09. The van der Waals surface area contributed by atoms with Crippen LogP contribution >= 0.6 is 0 Å². The summed E-state index contributed by atoms with van der Waals surface area (Å²) < 4.78 is 0. The second kappa shape index (κ2) is 5.95. The van der Waals surface area contributed by atoms with Gasteiger partial charge in [0.1, 0.15) is 11.5 Å². The van der Waals surface area contributed by atoms with Crippen LogP contribution in [0.2, 0.25) is 0 Å². The molecule has 3 aromatic rings. The Morgan fingerprint density at radius 1 is 0.800 bits per heavy atom. The summed E-state index contributed by atoms with van der Waals surface area (Å²) in [5, 5.41) is 19.2. The fourth-order valence-corrected chi connectivity index (χ4v) is 3.33. The van der Waals surface area contributed by atoms with Crippen molar-refractivity contribution in [1.29, 1.82) is 0 Å². The average Bonchev–Trinajstić information content (AvgIpc) is 3.01. The van der Waals surface area contributed by atoms with E-state index < -0.39 is 0 Å². The molecule has 0 spiro atoms. The summed E-state index contributed by atoms with van der Waals surface area (Å²) in [6, 6.07) is 21.3. The monoisotopic (exact) mass is 328 g/mol. The zero-order chi connectivity index (χ0) is 17.4. The number of fused-ring (bicyclic) bond motifs is 1. The zero-order valence-corrected chi connectivity index (χ0v) is 13.4. The van der Waals surface area contributed by atoms with Gasteiger partial charge in [0.2, 0.25) is 0 Å². The van der Waals surface area contributed by atoms with E-state index in [-0.39, 0.29) is 17.3 Å². The van der Waals surface area contributed by atoms with E-state index >= 15 is 0 Å². The van der Waals surface area contributed by atoms with Gasteiger partial charge in [-0.05, 0) is 58.7 Å². The lowest BCUT2D eigenvalue weighted by Crippen LogP contribution is -2.05. The van der Waals surface area contributed by atoms with Gasteiger partial charge in [-0.25, -0.2) is 0 Å². The van der Waals surface area contributed by atoms with Gasteiger partial charge < -0.3 is 10.2 Å². The molecular weight excluding hydrogens is 312 g/mol. The molecule has 3 aromatic carbocycles. The number of benzene rings is 3. The molecule has 3 heteroatoms. The summed E-state index contributed by atoms with van der Waals surface area (Å²) in [7, 11) is 0. The standard InChI is InChI=1S/C22H16O3/c23-17-8-6-15(7-9-17)22(25)20-13-16-12-18(24)10-11-19(16)21(20)14-4-2-1-3-5-14/h1-12,23-24H,13H2. The van der Waals surface area contributed by atoms with Gasteiger partial charge >= 0.3 is 0 Å². The Morgan fingerprint density at radius 2 is 1.48 bits per heavy atom. The van der Waals surface area contributed by atoms with E-state index in [1.807, 2.05) is 36.4 Å². The Morgan fingerprint density at radius 3 is 2.20 bits per heavy atom. The molecule has 0 fully saturated rings. The number of hydrogen-bond acceptors (Lipinski definition) is 3. The number of hydrogen-bond donors (Lipinski definition) is 2. The van der Waals surface area contributed by atoms with Crippen LogP contribution in [0, 0.1) is 0 Å². The number of Topliss-reactive ketones (excluding diaryl/α,β-unsaturated/α-hetero) is 1. The smallest absolute Gasteiger partial charge is 0.189 e. The summed E-state index contributed by atoms with van der Waals surface area (Å²) in [5.41, 5.74) is 5.06. The first-order chi connectivity index (χ1) is 12.1. The first-order valence-corrected chi connectivity index (χ1v) is 8.08. The predicted octanol–water partition coefficient (Wildman–Crippen LogP) is 4.34. The number of carbonyl (C=O) groups is 1. The predicted molar refractivity (Wildman–Crippen MR) is 96.7 cm³/mol. The molecule has 25 heavy (non-hydrogen) atoms. The molecule has 122 valence electrons. The van der Waals surface area contributed by atoms with Gasteiger partial charge in [0.25, 0.3) is 0 Å². The van der Waals surface area contributed by atoms with Crippen LogP contribution in [0.1, 0.15) is 27.0 Å². The summed E-state index contributed by atoms with van der Waals surface area (Å²) >= 11 is 0.